The maximum atomic E-state index is 12.3. The predicted octanol–water partition coefficient (Wildman–Crippen LogP) is 4.18. The Bertz CT molecular complexity index is 732. The van der Waals surface area contributed by atoms with Crippen LogP contribution in [0, 0.1) is 0 Å². The highest BCUT2D eigenvalue weighted by atomic mass is 32.2. The first-order chi connectivity index (χ1) is 12.6. The van der Waals surface area contributed by atoms with Gasteiger partial charge in [-0.2, -0.15) is 0 Å². The van der Waals surface area contributed by atoms with Gasteiger partial charge in [0.1, 0.15) is 5.25 Å². The van der Waals surface area contributed by atoms with E-state index in [9.17, 15) is 9.59 Å². The number of aromatic nitrogens is 2. The second-order valence-electron chi connectivity index (χ2n) is 5.52. The van der Waals surface area contributed by atoms with Gasteiger partial charge in [0.15, 0.2) is 4.34 Å². The summed E-state index contributed by atoms with van der Waals surface area (Å²) in [6.45, 7) is 6.23. The van der Waals surface area contributed by atoms with Crippen LogP contribution in [0.3, 0.4) is 0 Å². The monoisotopic (exact) mass is 393 g/mol. The molecule has 2 rings (SSSR count). The molecule has 1 aromatic heterocycles. The molecule has 0 aliphatic rings. The van der Waals surface area contributed by atoms with Crippen molar-refractivity contribution in [2.45, 2.75) is 49.6 Å². The molecule has 0 fully saturated rings. The van der Waals surface area contributed by atoms with Crippen LogP contribution >= 0.6 is 23.1 Å². The number of carbonyl (C=O) groups is 2. The van der Waals surface area contributed by atoms with E-state index >= 15 is 0 Å². The summed E-state index contributed by atoms with van der Waals surface area (Å²) in [6, 6.07) is 7.46. The highest BCUT2D eigenvalue weighted by Crippen LogP contribution is 2.31. The second kappa shape index (κ2) is 10.3. The molecule has 0 aliphatic carbocycles. The number of carbonyl (C=O) groups excluding carboxylic acids is 2. The van der Waals surface area contributed by atoms with E-state index in [1.807, 2.05) is 19.1 Å². The minimum atomic E-state index is -0.307. The Balaban J connectivity index is 1.99. The number of hydrogen-bond acceptors (Lipinski definition) is 7. The van der Waals surface area contributed by atoms with Crippen LogP contribution in [0.15, 0.2) is 28.6 Å². The lowest BCUT2D eigenvalue weighted by atomic mass is 10.1. The molecule has 140 valence electrons. The highest BCUT2D eigenvalue weighted by Gasteiger charge is 2.22. The van der Waals surface area contributed by atoms with Gasteiger partial charge in [-0.25, -0.2) is 0 Å². The maximum Gasteiger partial charge on any atom is 0.319 e. The number of anilines is 1. The van der Waals surface area contributed by atoms with Gasteiger partial charge in [-0.3, -0.25) is 14.9 Å². The van der Waals surface area contributed by atoms with Crippen LogP contribution in [-0.4, -0.2) is 33.9 Å². The largest absolute Gasteiger partial charge is 0.465 e. The van der Waals surface area contributed by atoms with Gasteiger partial charge in [-0.1, -0.05) is 55.5 Å². The van der Waals surface area contributed by atoms with Crippen molar-refractivity contribution in [2.75, 3.05) is 11.9 Å². The van der Waals surface area contributed by atoms with Crippen molar-refractivity contribution in [1.29, 1.82) is 0 Å². The fraction of sp³-hybridized carbons (Fsp3) is 0.444. The summed E-state index contributed by atoms with van der Waals surface area (Å²) in [5.74, 6) is -0.466. The van der Waals surface area contributed by atoms with Crippen LogP contribution < -0.4 is 5.32 Å². The van der Waals surface area contributed by atoms with E-state index in [0.29, 0.717) is 28.1 Å². The van der Waals surface area contributed by atoms with Crippen molar-refractivity contribution in [3.63, 3.8) is 0 Å². The molecule has 26 heavy (non-hydrogen) atoms. The van der Waals surface area contributed by atoms with E-state index in [0.717, 1.165) is 12.8 Å². The fourth-order valence-electron chi connectivity index (χ4n) is 2.21. The van der Waals surface area contributed by atoms with Crippen molar-refractivity contribution < 1.29 is 14.3 Å². The van der Waals surface area contributed by atoms with E-state index < -0.39 is 0 Å². The van der Waals surface area contributed by atoms with Gasteiger partial charge in [0.25, 0.3) is 5.91 Å². The number of esters is 1. The number of rotatable bonds is 9. The summed E-state index contributed by atoms with van der Waals surface area (Å²) in [5, 5.41) is 10.9. The molecular formula is C18H23N3O3S2. The molecule has 0 spiro atoms. The van der Waals surface area contributed by atoms with Crippen molar-refractivity contribution in [2.24, 2.45) is 0 Å². The molecule has 0 radical (unpaired) electrons. The van der Waals surface area contributed by atoms with E-state index in [1.54, 1.807) is 19.1 Å². The van der Waals surface area contributed by atoms with Gasteiger partial charge in [0.05, 0.1) is 6.61 Å². The number of thioether (sulfide) groups is 1. The zero-order chi connectivity index (χ0) is 18.9. The molecule has 1 unspecified atom stereocenters. The van der Waals surface area contributed by atoms with Gasteiger partial charge in [0.2, 0.25) is 5.13 Å². The first-order valence-electron chi connectivity index (χ1n) is 8.64. The van der Waals surface area contributed by atoms with Gasteiger partial charge in [-0.05, 0) is 37.5 Å². The first-order valence-corrected chi connectivity index (χ1v) is 10.3. The molecule has 1 N–H and O–H groups in total. The van der Waals surface area contributed by atoms with Gasteiger partial charge in [-0.15, -0.1) is 10.2 Å². The molecule has 1 heterocycles. The second-order valence-corrected chi connectivity index (χ2v) is 7.95. The minimum absolute atomic E-state index is 0.226. The summed E-state index contributed by atoms with van der Waals surface area (Å²) in [5.41, 5.74) is 1.75. The third-order valence-corrected chi connectivity index (χ3v) is 5.76. The Kier molecular flexibility index (Phi) is 8.06. The molecule has 1 atom stereocenters. The van der Waals surface area contributed by atoms with Crippen molar-refractivity contribution >= 4 is 40.1 Å². The fourth-order valence-corrected chi connectivity index (χ4v) is 4.31. The Morgan fingerprint density at radius 2 is 1.92 bits per heavy atom. The first kappa shape index (κ1) is 20.4. The topological polar surface area (TPSA) is 81.2 Å². The smallest absolute Gasteiger partial charge is 0.319 e. The molecule has 1 amide bonds. The Morgan fingerprint density at radius 3 is 2.54 bits per heavy atom. The van der Waals surface area contributed by atoms with Crippen LogP contribution in [0.2, 0.25) is 0 Å². The van der Waals surface area contributed by atoms with Gasteiger partial charge in [0, 0.05) is 5.56 Å². The Morgan fingerprint density at radius 1 is 1.19 bits per heavy atom. The molecular weight excluding hydrogens is 370 g/mol. The number of benzene rings is 1. The summed E-state index contributed by atoms with van der Waals surface area (Å²) >= 11 is 2.58. The predicted molar refractivity (Wildman–Crippen MR) is 105 cm³/mol. The normalized spacial score (nSPS) is 11.8. The lowest BCUT2D eigenvalue weighted by Crippen LogP contribution is -2.20. The number of ether oxygens (including phenoxy) is 1. The lowest BCUT2D eigenvalue weighted by Gasteiger charge is -2.11. The van der Waals surface area contributed by atoms with E-state index in [4.69, 9.17) is 4.74 Å². The van der Waals surface area contributed by atoms with Crippen molar-refractivity contribution in [3.8, 4) is 0 Å². The Labute approximate surface area is 161 Å². The quantitative estimate of drug-likeness (QED) is 0.391. The number of hydrogen-bond donors (Lipinski definition) is 1. The standard InChI is InChI=1S/C18H23N3O3S2/c1-4-7-14(16(23)24-6-3)25-18-21-20-17(26-18)19-15(22)13-10-8-12(5-2)9-11-13/h8-11,14H,4-7H2,1-3H3,(H,19,20,22). The Hall–Kier alpha value is -1.93. The number of amides is 1. The zero-order valence-electron chi connectivity index (χ0n) is 15.2. The van der Waals surface area contributed by atoms with Crippen LogP contribution in [0.4, 0.5) is 5.13 Å². The van der Waals surface area contributed by atoms with Crippen molar-refractivity contribution in [3.05, 3.63) is 35.4 Å². The lowest BCUT2D eigenvalue weighted by molar-refractivity contribution is -0.142. The third-order valence-electron chi connectivity index (χ3n) is 3.59. The van der Waals surface area contributed by atoms with E-state index in [-0.39, 0.29) is 17.1 Å². The molecule has 0 saturated carbocycles. The summed E-state index contributed by atoms with van der Waals surface area (Å²) < 4.78 is 5.74. The van der Waals surface area contributed by atoms with Crippen LogP contribution in [0.25, 0.3) is 0 Å². The summed E-state index contributed by atoms with van der Waals surface area (Å²) in [4.78, 5) is 24.3. The van der Waals surface area contributed by atoms with E-state index in [2.05, 4.69) is 22.4 Å². The number of nitrogens with one attached hydrogen (secondary N) is 1. The molecule has 1 aromatic carbocycles. The average molecular weight is 394 g/mol. The van der Waals surface area contributed by atoms with Crippen LogP contribution in [0.1, 0.15) is 49.5 Å². The minimum Gasteiger partial charge on any atom is -0.465 e. The maximum absolute atomic E-state index is 12.3. The highest BCUT2D eigenvalue weighted by molar-refractivity contribution is 8.02. The molecule has 0 aliphatic heterocycles. The summed E-state index contributed by atoms with van der Waals surface area (Å²) in [6.07, 6.45) is 2.50. The summed E-state index contributed by atoms with van der Waals surface area (Å²) in [7, 11) is 0. The van der Waals surface area contributed by atoms with Gasteiger partial charge >= 0.3 is 5.97 Å². The molecule has 6 nitrogen and oxygen atoms in total. The van der Waals surface area contributed by atoms with Crippen molar-refractivity contribution in [1.82, 2.24) is 10.2 Å². The number of nitrogens with zero attached hydrogens (tertiary/aromatic N) is 2. The average Bonchev–Trinajstić information content (AvgIpc) is 3.08. The zero-order valence-corrected chi connectivity index (χ0v) is 16.8. The molecule has 0 bridgehead atoms. The molecule has 8 heteroatoms. The van der Waals surface area contributed by atoms with Crippen LogP contribution in [0.5, 0.6) is 0 Å². The van der Waals surface area contributed by atoms with E-state index in [1.165, 1.54) is 28.7 Å². The van der Waals surface area contributed by atoms with Crippen LogP contribution in [-0.2, 0) is 16.0 Å². The van der Waals surface area contributed by atoms with Gasteiger partial charge < -0.3 is 4.74 Å². The molecule has 0 saturated heterocycles. The third kappa shape index (κ3) is 5.81. The number of aryl methyl sites for hydroxylation is 1. The molecule has 2 aromatic rings. The SMILES string of the molecule is CCCC(Sc1nnc(NC(=O)c2ccc(CC)cc2)s1)C(=O)OCC.